The second-order valence-electron chi connectivity index (χ2n) is 5.58. The molecule has 0 radical (unpaired) electrons. The van der Waals surface area contributed by atoms with Gasteiger partial charge >= 0.3 is 0 Å². The summed E-state index contributed by atoms with van der Waals surface area (Å²) in [6.07, 6.45) is 5.32. The molecule has 2 rings (SSSR count). The Morgan fingerprint density at radius 3 is 2.40 bits per heavy atom. The summed E-state index contributed by atoms with van der Waals surface area (Å²) in [7, 11) is 0. The lowest BCUT2D eigenvalue weighted by atomic mass is 9.82. The van der Waals surface area contributed by atoms with Crippen LogP contribution in [0.1, 0.15) is 50.2 Å². The van der Waals surface area contributed by atoms with E-state index in [4.69, 9.17) is 18.0 Å². The van der Waals surface area contributed by atoms with Crippen molar-refractivity contribution in [3.63, 3.8) is 0 Å². The second-order valence-corrected chi connectivity index (χ2v) is 6.02. The van der Waals surface area contributed by atoms with Gasteiger partial charge in [-0.1, -0.05) is 56.2 Å². The largest absolute Gasteiger partial charge is 0.389 e. The van der Waals surface area contributed by atoms with Gasteiger partial charge in [0, 0.05) is 17.5 Å². The van der Waals surface area contributed by atoms with Crippen LogP contribution in [0, 0.1) is 5.41 Å². The number of benzene rings is 1. The van der Waals surface area contributed by atoms with Crippen molar-refractivity contribution in [2.75, 3.05) is 0 Å². The molecule has 1 amide bonds. The second kappa shape index (κ2) is 6.35. The van der Waals surface area contributed by atoms with Crippen molar-refractivity contribution in [3.05, 3.63) is 35.4 Å². The van der Waals surface area contributed by atoms with Crippen molar-refractivity contribution >= 4 is 23.1 Å². The lowest BCUT2D eigenvalue weighted by molar-refractivity contribution is -0.131. The molecular formula is C16H22N2OS. The van der Waals surface area contributed by atoms with Crippen LogP contribution in [0.4, 0.5) is 0 Å². The van der Waals surface area contributed by atoms with Crippen LogP contribution in [0.15, 0.2) is 24.3 Å². The zero-order valence-electron chi connectivity index (χ0n) is 11.9. The number of hydrogen-bond donors (Lipinski definition) is 2. The number of rotatable bonds is 5. The Morgan fingerprint density at radius 1 is 1.30 bits per heavy atom. The molecule has 3 nitrogen and oxygen atoms in total. The lowest BCUT2D eigenvalue weighted by Gasteiger charge is -2.26. The van der Waals surface area contributed by atoms with Crippen molar-refractivity contribution in [1.29, 1.82) is 0 Å². The molecule has 1 aliphatic rings. The van der Waals surface area contributed by atoms with E-state index in [9.17, 15) is 4.79 Å². The van der Waals surface area contributed by atoms with Gasteiger partial charge in [-0.15, -0.1) is 0 Å². The first-order chi connectivity index (χ1) is 9.57. The maximum absolute atomic E-state index is 12.4. The normalized spacial score (nSPS) is 16.9. The number of nitrogens with two attached hydrogens (primary N) is 1. The van der Waals surface area contributed by atoms with E-state index >= 15 is 0 Å². The highest BCUT2D eigenvalue weighted by molar-refractivity contribution is 7.80. The van der Waals surface area contributed by atoms with Crippen LogP contribution < -0.4 is 11.1 Å². The third-order valence-corrected chi connectivity index (χ3v) is 4.65. The Morgan fingerprint density at radius 2 is 1.90 bits per heavy atom. The first-order valence-corrected chi connectivity index (χ1v) is 7.65. The molecule has 1 aromatic rings. The predicted octanol–water partition coefficient (Wildman–Crippen LogP) is 2.91. The van der Waals surface area contributed by atoms with Crippen LogP contribution in [0.25, 0.3) is 0 Å². The van der Waals surface area contributed by atoms with Crippen LogP contribution in [-0.2, 0) is 11.3 Å². The van der Waals surface area contributed by atoms with Crippen LogP contribution in [0.3, 0.4) is 0 Å². The summed E-state index contributed by atoms with van der Waals surface area (Å²) in [5, 5.41) is 3.08. The van der Waals surface area contributed by atoms with Crippen LogP contribution in [0.2, 0.25) is 0 Å². The average Bonchev–Trinajstić information content (AvgIpc) is 2.95. The molecule has 0 aromatic heterocycles. The van der Waals surface area contributed by atoms with E-state index in [1.165, 1.54) is 12.8 Å². The van der Waals surface area contributed by atoms with Gasteiger partial charge in [-0.05, 0) is 24.8 Å². The minimum absolute atomic E-state index is 0.126. The van der Waals surface area contributed by atoms with Gasteiger partial charge in [-0.25, -0.2) is 0 Å². The number of amides is 1. The van der Waals surface area contributed by atoms with Gasteiger partial charge in [0.25, 0.3) is 0 Å². The molecule has 0 heterocycles. The highest BCUT2D eigenvalue weighted by Crippen LogP contribution is 2.41. The Hall–Kier alpha value is -1.42. The van der Waals surface area contributed by atoms with E-state index in [-0.39, 0.29) is 11.3 Å². The van der Waals surface area contributed by atoms with Crippen LogP contribution in [0.5, 0.6) is 0 Å². The first-order valence-electron chi connectivity index (χ1n) is 7.24. The average molecular weight is 290 g/mol. The molecule has 1 fully saturated rings. The number of thiocarbonyl (C=S) groups is 1. The van der Waals surface area contributed by atoms with Crippen molar-refractivity contribution in [1.82, 2.24) is 5.32 Å². The fourth-order valence-corrected chi connectivity index (χ4v) is 3.09. The third-order valence-electron chi connectivity index (χ3n) is 4.41. The minimum Gasteiger partial charge on any atom is -0.389 e. The summed E-state index contributed by atoms with van der Waals surface area (Å²) in [5.41, 5.74) is 7.37. The summed E-state index contributed by atoms with van der Waals surface area (Å²) in [6, 6.07) is 7.72. The highest BCUT2D eigenvalue weighted by Gasteiger charge is 2.38. The molecule has 0 atom stereocenters. The fraction of sp³-hybridized carbons (Fsp3) is 0.500. The monoisotopic (exact) mass is 290 g/mol. The van der Waals surface area contributed by atoms with E-state index in [1.807, 2.05) is 24.3 Å². The molecule has 4 heteroatoms. The van der Waals surface area contributed by atoms with Gasteiger partial charge < -0.3 is 11.1 Å². The quantitative estimate of drug-likeness (QED) is 0.820. The van der Waals surface area contributed by atoms with Crippen molar-refractivity contribution in [2.45, 2.75) is 45.6 Å². The molecule has 0 unspecified atom stereocenters. The summed E-state index contributed by atoms with van der Waals surface area (Å²) in [6.45, 7) is 2.68. The van der Waals surface area contributed by atoms with E-state index in [1.54, 1.807) is 0 Å². The lowest BCUT2D eigenvalue weighted by Crippen LogP contribution is -2.38. The van der Waals surface area contributed by atoms with E-state index < -0.39 is 0 Å². The molecule has 108 valence electrons. The Kier molecular flexibility index (Phi) is 4.76. The van der Waals surface area contributed by atoms with Gasteiger partial charge in [0.05, 0.1) is 0 Å². The van der Waals surface area contributed by atoms with Crippen molar-refractivity contribution < 1.29 is 4.79 Å². The summed E-state index contributed by atoms with van der Waals surface area (Å²) < 4.78 is 0. The standard InChI is InChI=1S/C16H22N2OS/c1-2-16(9-3-4-10-16)15(19)18-11-12-5-7-13(8-6-12)14(17)20/h5-8H,2-4,9-11H2,1H3,(H2,17,20)(H,18,19). The van der Waals surface area contributed by atoms with E-state index in [0.717, 1.165) is 30.4 Å². The summed E-state index contributed by atoms with van der Waals surface area (Å²) >= 11 is 4.92. The zero-order valence-corrected chi connectivity index (χ0v) is 12.8. The SMILES string of the molecule is CCC1(C(=O)NCc2ccc(C(N)=S)cc2)CCCC1. The fourth-order valence-electron chi connectivity index (χ4n) is 2.95. The Balaban J connectivity index is 1.94. The van der Waals surface area contributed by atoms with Crippen LogP contribution in [-0.4, -0.2) is 10.9 Å². The minimum atomic E-state index is -0.126. The number of hydrogen-bond acceptors (Lipinski definition) is 2. The molecule has 0 spiro atoms. The van der Waals surface area contributed by atoms with E-state index in [2.05, 4.69) is 12.2 Å². The predicted molar refractivity (Wildman–Crippen MR) is 85.4 cm³/mol. The van der Waals surface area contributed by atoms with Crippen LogP contribution >= 0.6 is 12.2 Å². The number of nitrogens with one attached hydrogen (secondary N) is 1. The Labute approximate surface area is 125 Å². The molecule has 0 saturated heterocycles. The molecule has 3 N–H and O–H groups in total. The maximum atomic E-state index is 12.4. The number of carbonyl (C=O) groups excluding carboxylic acids is 1. The van der Waals surface area contributed by atoms with E-state index in [0.29, 0.717) is 11.5 Å². The van der Waals surface area contributed by atoms with Gasteiger partial charge in [0.1, 0.15) is 4.99 Å². The molecule has 1 aliphatic carbocycles. The smallest absolute Gasteiger partial charge is 0.226 e. The van der Waals surface area contributed by atoms with Gasteiger partial charge in [0.15, 0.2) is 0 Å². The summed E-state index contributed by atoms with van der Waals surface area (Å²) in [5.74, 6) is 0.205. The highest BCUT2D eigenvalue weighted by atomic mass is 32.1. The molecule has 0 aliphatic heterocycles. The van der Waals surface area contributed by atoms with Crippen molar-refractivity contribution in [3.8, 4) is 0 Å². The maximum Gasteiger partial charge on any atom is 0.226 e. The molecular weight excluding hydrogens is 268 g/mol. The first kappa shape index (κ1) is 15.0. The molecule has 0 bridgehead atoms. The van der Waals surface area contributed by atoms with Crippen molar-refractivity contribution in [2.24, 2.45) is 11.1 Å². The van der Waals surface area contributed by atoms with Gasteiger partial charge in [-0.2, -0.15) is 0 Å². The number of carbonyl (C=O) groups is 1. The summed E-state index contributed by atoms with van der Waals surface area (Å²) in [4.78, 5) is 12.8. The van der Waals surface area contributed by atoms with Gasteiger partial charge in [0.2, 0.25) is 5.91 Å². The molecule has 1 aromatic carbocycles. The molecule has 1 saturated carbocycles. The third kappa shape index (κ3) is 3.18. The molecule has 20 heavy (non-hydrogen) atoms. The topological polar surface area (TPSA) is 55.1 Å². The van der Waals surface area contributed by atoms with Gasteiger partial charge in [-0.3, -0.25) is 4.79 Å². The zero-order chi connectivity index (χ0) is 14.6. The Bertz CT molecular complexity index is 490.